The van der Waals surface area contributed by atoms with Crippen molar-refractivity contribution in [3.63, 3.8) is 0 Å². The number of nitrogens with two attached hydrogens (primary N) is 1. The lowest BCUT2D eigenvalue weighted by Crippen LogP contribution is -2.11. The molecule has 0 spiro atoms. The van der Waals surface area contributed by atoms with Crippen LogP contribution in [-0.4, -0.2) is 20.7 Å². The van der Waals surface area contributed by atoms with Crippen LogP contribution in [0.15, 0.2) is 67.0 Å². The van der Waals surface area contributed by atoms with Crippen molar-refractivity contribution in [1.29, 1.82) is 0 Å². The topological polar surface area (TPSA) is 73.8 Å². The van der Waals surface area contributed by atoms with Crippen molar-refractivity contribution in [1.82, 2.24) is 14.8 Å². The Labute approximate surface area is 148 Å². The van der Waals surface area contributed by atoms with Gasteiger partial charge in [-0.15, -0.1) is 0 Å². The third-order valence-electron chi connectivity index (χ3n) is 4.21. The van der Waals surface area contributed by atoms with Gasteiger partial charge in [-0.25, -0.2) is 4.39 Å². The standard InChI is InChI=1S/C20H15FN4O/c21-17-9-8-14(18-15(17)7-4-10-23-18)11-25-12-16(20(22)26)19(24-25)13-5-2-1-3-6-13/h1-10,12H,11H2,(H2,22,26). The average molecular weight is 346 g/mol. The van der Waals surface area contributed by atoms with E-state index >= 15 is 0 Å². The Morgan fingerprint density at radius 1 is 1.08 bits per heavy atom. The zero-order valence-corrected chi connectivity index (χ0v) is 13.8. The molecule has 6 heteroatoms. The fourth-order valence-corrected chi connectivity index (χ4v) is 2.99. The van der Waals surface area contributed by atoms with Gasteiger partial charge >= 0.3 is 0 Å². The van der Waals surface area contributed by atoms with Gasteiger partial charge in [0.15, 0.2) is 0 Å². The number of rotatable bonds is 4. The van der Waals surface area contributed by atoms with Crippen molar-refractivity contribution in [2.75, 3.05) is 0 Å². The molecule has 0 atom stereocenters. The molecule has 0 saturated carbocycles. The van der Waals surface area contributed by atoms with Crippen molar-refractivity contribution in [3.05, 3.63) is 83.9 Å². The maximum Gasteiger partial charge on any atom is 0.252 e. The molecule has 128 valence electrons. The Hall–Kier alpha value is -3.54. The van der Waals surface area contributed by atoms with Gasteiger partial charge in [-0.1, -0.05) is 36.4 Å². The summed E-state index contributed by atoms with van der Waals surface area (Å²) in [6, 6.07) is 15.8. The molecule has 0 radical (unpaired) electrons. The summed E-state index contributed by atoms with van der Waals surface area (Å²) in [5.74, 6) is -0.864. The third kappa shape index (κ3) is 2.82. The summed E-state index contributed by atoms with van der Waals surface area (Å²) < 4.78 is 15.6. The SMILES string of the molecule is NC(=O)c1cn(Cc2ccc(F)c3cccnc23)nc1-c1ccccc1. The number of hydrogen-bond donors (Lipinski definition) is 1. The van der Waals surface area contributed by atoms with Gasteiger partial charge in [0.25, 0.3) is 5.91 Å². The fraction of sp³-hybridized carbons (Fsp3) is 0.0500. The summed E-state index contributed by atoms with van der Waals surface area (Å²) >= 11 is 0. The minimum atomic E-state index is -0.544. The van der Waals surface area contributed by atoms with Gasteiger partial charge in [-0.3, -0.25) is 14.5 Å². The van der Waals surface area contributed by atoms with E-state index in [-0.39, 0.29) is 5.82 Å². The van der Waals surface area contributed by atoms with E-state index in [1.807, 2.05) is 30.3 Å². The molecule has 2 N–H and O–H groups in total. The van der Waals surface area contributed by atoms with Crippen LogP contribution in [0.4, 0.5) is 4.39 Å². The lowest BCUT2D eigenvalue weighted by Gasteiger charge is -2.07. The normalized spacial score (nSPS) is 11.0. The molecule has 4 rings (SSSR count). The monoisotopic (exact) mass is 346 g/mol. The van der Waals surface area contributed by atoms with Crippen molar-refractivity contribution in [3.8, 4) is 11.3 Å². The van der Waals surface area contributed by atoms with Crippen LogP contribution in [-0.2, 0) is 6.54 Å². The first-order valence-corrected chi connectivity index (χ1v) is 8.08. The van der Waals surface area contributed by atoms with Crippen LogP contribution in [0.5, 0.6) is 0 Å². The van der Waals surface area contributed by atoms with Crippen LogP contribution >= 0.6 is 0 Å². The molecule has 0 aliphatic carbocycles. The van der Waals surface area contributed by atoms with E-state index < -0.39 is 5.91 Å². The van der Waals surface area contributed by atoms with Gasteiger partial charge < -0.3 is 5.73 Å². The smallest absolute Gasteiger partial charge is 0.252 e. The van der Waals surface area contributed by atoms with E-state index in [9.17, 15) is 9.18 Å². The molecular formula is C20H15FN4O. The highest BCUT2D eigenvalue weighted by Gasteiger charge is 2.16. The molecule has 5 nitrogen and oxygen atoms in total. The second-order valence-corrected chi connectivity index (χ2v) is 5.93. The maximum atomic E-state index is 14.0. The van der Waals surface area contributed by atoms with E-state index in [4.69, 9.17) is 5.73 Å². The number of halogens is 1. The molecule has 1 amide bonds. The lowest BCUT2D eigenvalue weighted by molar-refractivity contribution is 0.100. The Bertz CT molecular complexity index is 1110. The Balaban J connectivity index is 1.79. The number of aromatic nitrogens is 3. The van der Waals surface area contributed by atoms with Crippen LogP contribution in [0, 0.1) is 5.82 Å². The van der Waals surface area contributed by atoms with Gasteiger partial charge in [-0.05, 0) is 18.2 Å². The summed E-state index contributed by atoms with van der Waals surface area (Å²) in [6.07, 6.45) is 3.24. The predicted molar refractivity (Wildman–Crippen MR) is 97.0 cm³/mol. The number of primary amides is 1. The Morgan fingerprint density at radius 3 is 2.65 bits per heavy atom. The molecule has 0 aliphatic rings. The summed E-state index contributed by atoms with van der Waals surface area (Å²) in [7, 11) is 0. The number of carbonyl (C=O) groups excluding carboxylic acids is 1. The molecule has 0 fully saturated rings. The molecule has 0 bridgehead atoms. The van der Waals surface area contributed by atoms with Crippen LogP contribution in [0.3, 0.4) is 0 Å². The highest BCUT2D eigenvalue weighted by molar-refractivity contribution is 5.98. The number of hydrogen-bond acceptors (Lipinski definition) is 3. The first kappa shape index (κ1) is 16.0. The van der Waals surface area contributed by atoms with E-state index in [1.54, 1.807) is 35.3 Å². The average Bonchev–Trinajstić information content (AvgIpc) is 3.09. The summed E-state index contributed by atoms with van der Waals surface area (Å²) in [4.78, 5) is 16.1. The first-order chi connectivity index (χ1) is 12.6. The molecule has 2 aromatic carbocycles. The van der Waals surface area contributed by atoms with Crippen LogP contribution in [0.1, 0.15) is 15.9 Å². The van der Waals surface area contributed by atoms with Gasteiger partial charge in [0, 0.05) is 28.9 Å². The highest BCUT2D eigenvalue weighted by atomic mass is 19.1. The summed E-state index contributed by atoms with van der Waals surface area (Å²) in [6.45, 7) is 0.348. The van der Waals surface area contributed by atoms with Crippen molar-refractivity contribution < 1.29 is 9.18 Å². The lowest BCUT2D eigenvalue weighted by atomic mass is 10.1. The number of nitrogens with zero attached hydrogens (tertiary/aromatic N) is 3. The van der Waals surface area contributed by atoms with Crippen LogP contribution in [0.25, 0.3) is 22.2 Å². The second-order valence-electron chi connectivity index (χ2n) is 5.93. The largest absolute Gasteiger partial charge is 0.365 e. The Kier molecular flexibility index (Phi) is 3.93. The predicted octanol–water partition coefficient (Wildman–Crippen LogP) is 3.38. The van der Waals surface area contributed by atoms with Crippen molar-refractivity contribution in [2.45, 2.75) is 6.54 Å². The molecule has 0 aliphatic heterocycles. The minimum absolute atomic E-state index is 0.319. The van der Waals surface area contributed by atoms with Crippen molar-refractivity contribution in [2.24, 2.45) is 5.73 Å². The number of pyridine rings is 1. The number of carbonyl (C=O) groups is 1. The van der Waals surface area contributed by atoms with E-state index in [0.29, 0.717) is 28.7 Å². The van der Waals surface area contributed by atoms with E-state index in [1.165, 1.54) is 6.07 Å². The highest BCUT2D eigenvalue weighted by Crippen LogP contribution is 2.24. The molecule has 26 heavy (non-hydrogen) atoms. The number of amides is 1. The molecule has 2 aromatic heterocycles. The number of fused-ring (bicyclic) bond motifs is 1. The first-order valence-electron chi connectivity index (χ1n) is 8.08. The number of benzene rings is 2. The molecule has 4 aromatic rings. The van der Waals surface area contributed by atoms with E-state index in [0.717, 1.165) is 11.1 Å². The fourth-order valence-electron chi connectivity index (χ4n) is 2.99. The second kappa shape index (κ2) is 6.40. The van der Waals surface area contributed by atoms with Gasteiger partial charge in [-0.2, -0.15) is 5.10 Å². The quantitative estimate of drug-likeness (QED) is 0.615. The van der Waals surface area contributed by atoms with E-state index in [2.05, 4.69) is 10.1 Å². The molecule has 0 saturated heterocycles. The Morgan fingerprint density at radius 2 is 1.88 bits per heavy atom. The summed E-state index contributed by atoms with van der Waals surface area (Å²) in [5, 5.41) is 4.97. The summed E-state index contributed by atoms with van der Waals surface area (Å²) in [5.41, 5.74) is 8.57. The van der Waals surface area contributed by atoms with Gasteiger partial charge in [0.2, 0.25) is 0 Å². The minimum Gasteiger partial charge on any atom is -0.365 e. The van der Waals surface area contributed by atoms with Crippen LogP contribution < -0.4 is 5.73 Å². The third-order valence-corrected chi connectivity index (χ3v) is 4.21. The zero-order valence-electron chi connectivity index (χ0n) is 13.8. The van der Waals surface area contributed by atoms with Crippen molar-refractivity contribution >= 4 is 16.8 Å². The van der Waals surface area contributed by atoms with Gasteiger partial charge in [0.05, 0.1) is 17.6 Å². The van der Waals surface area contributed by atoms with Crippen LogP contribution in [0.2, 0.25) is 0 Å². The molecule has 2 heterocycles. The molecular weight excluding hydrogens is 331 g/mol. The zero-order chi connectivity index (χ0) is 18.1. The van der Waals surface area contributed by atoms with Gasteiger partial charge in [0.1, 0.15) is 11.5 Å². The molecule has 0 unspecified atom stereocenters. The maximum absolute atomic E-state index is 14.0.